The smallest absolute Gasteiger partial charge is 0.317 e. The minimum Gasteiger partial charge on any atom is -0.426 e. The van der Waals surface area contributed by atoms with Crippen molar-refractivity contribution in [3.05, 3.63) is 47.7 Å². The highest BCUT2D eigenvalue weighted by molar-refractivity contribution is 5.77. The second kappa shape index (κ2) is 8.46. The van der Waals surface area contributed by atoms with Crippen molar-refractivity contribution in [1.82, 2.24) is 25.3 Å². The number of hydrogen-bond acceptors (Lipinski definition) is 5. The van der Waals surface area contributed by atoms with Gasteiger partial charge in [0, 0.05) is 52.5 Å². The van der Waals surface area contributed by atoms with E-state index in [-0.39, 0.29) is 11.9 Å². The van der Waals surface area contributed by atoms with E-state index < -0.39 is 0 Å². The Balaban J connectivity index is 1.39. The van der Waals surface area contributed by atoms with Gasteiger partial charge in [-0.3, -0.25) is 4.79 Å². The molecule has 3 amide bonds. The summed E-state index contributed by atoms with van der Waals surface area (Å²) in [5.74, 6) is 1.03. The zero-order chi connectivity index (χ0) is 18.4. The lowest BCUT2D eigenvalue weighted by molar-refractivity contribution is -0.132. The summed E-state index contributed by atoms with van der Waals surface area (Å²) < 4.78 is 5.28. The fraction of sp³-hybridized carbons (Fsp3) is 0.444. The molecule has 8 nitrogen and oxygen atoms in total. The normalized spacial score (nSPS) is 14.3. The summed E-state index contributed by atoms with van der Waals surface area (Å²) in [6, 6.07) is 9.69. The number of nitrogens with zero attached hydrogens (tertiary/aromatic N) is 4. The third-order valence-corrected chi connectivity index (χ3v) is 4.33. The molecule has 0 bridgehead atoms. The molecule has 26 heavy (non-hydrogen) atoms. The number of hydrogen-bond donors (Lipinski definition) is 1. The van der Waals surface area contributed by atoms with Crippen LogP contribution in [-0.2, 0) is 17.8 Å². The van der Waals surface area contributed by atoms with Gasteiger partial charge in [0.1, 0.15) is 0 Å². The number of amides is 3. The van der Waals surface area contributed by atoms with E-state index in [4.69, 9.17) is 4.42 Å². The highest BCUT2D eigenvalue weighted by atomic mass is 16.4. The van der Waals surface area contributed by atoms with Crippen LogP contribution >= 0.6 is 0 Å². The summed E-state index contributed by atoms with van der Waals surface area (Å²) >= 11 is 0. The van der Waals surface area contributed by atoms with E-state index in [1.807, 2.05) is 30.3 Å². The van der Waals surface area contributed by atoms with Crippen LogP contribution in [0.25, 0.3) is 0 Å². The molecule has 2 aromatic rings. The maximum absolute atomic E-state index is 12.3. The number of benzene rings is 1. The van der Waals surface area contributed by atoms with Crippen LogP contribution in [0, 0.1) is 6.92 Å². The van der Waals surface area contributed by atoms with Gasteiger partial charge in [0.25, 0.3) is 0 Å². The zero-order valence-electron chi connectivity index (χ0n) is 14.9. The van der Waals surface area contributed by atoms with Crippen LogP contribution in [0.15, 0.2) is 34.7 Å². The maximum atomic E-state index is 12.3. The first-order valence-electron chi connectivity index (χ1n) is 8.75. The van der Waals surface area contributed by atoms with Gasteiger partial charge in [-0.15, -0.1) is 10.2 Å². The van der Waals surface area contributed by atoms with Gasteiger partial charge in [-0.05, 0) is 5.56 Å². The summed E-state index contributed by atoms with van der Waals surface area (Å²) in [4.78, 5) is 28.1. The number of carbonyl (C=O) groups is 2. The SMILES string of the molecule is Cc1nnc(CCC(=O)N2CCN(C(=O)NCc3ccccc3)CC2)o1. The molecule has 1 aliphatic heterocycles. The van der Waals surface area contributed by atoms with E-state index in [2.05, 4.69) is 15.5 Å². The molecule has 0 radical (unpaired) electrons. The summed E-state index contributed by atoms with van der Waals surface area (Å²) in [6.07, 6.45) is 0.777. The van der Waals surface area contributed by atoms with Gasteiger partial charge in [-0.25, -0.2) is 4.79 Å². The van der Waals surface area contributed by atoms with Gasteiger partial charge >= 0.3 is 6.03 Å². The maximum Gasteiger partial charge on any atom is 0.317 e. The van der Waals surface area contributed by atoms with Gasteiger partial charge in [0.05, 0.1) is 0 Å². The van der Waals surface area contributed by atoms with Crippen molar-refractivity contribution in [3.63, 3.8) is 0 Å². The highest BCUT2D eigenvalue weighted by Gasteiger charge is 2.24. The Kier molecular flexibility index (Phi) is 5.83. The molecule has 138 valence electrons. The predicted octanol–water partition coefficient (Wildman–Crippen LogP) is 1.36. The number of piperazine rings is 1. The molecule has 1 aromatic carbocycles. The standard InChI is InChI=1S/C18H23N5O3/c1-14-20-21-16(26-14)7-8-17(24)22-9-11-23(12-10-22)18(25)19-13-15-5-3-2-4-6-15/h2-6H,7-13H2,1H3,(H,19,25). The Bertz CT molecular complexity index is 738. The lowest BCUT2D eigenvalue weighted by Gasteiger charge is -2.34. The van der Waals surface area contributed by atoms with Gasteiger partial charge in [0.2, 0.25) is 17.7 Å². The quantitative estimate of drug-likeness (QED) is 0.872. The first-order valence-corrected chi connectivity index (χ1v) is 8.75. The molecule has 3 rings (SSSR count). The number of nitrogens with one attached hydrogen (secondary N) is 1. The minimum atomic E-state index is -0.0951. The Morgan fingerprint density at radius 3 is 2.42 bits per heavy atom. The molecule has 1 N–H and O–H groups in total. The Hall–Kier alpha value is -2.90. The van der Waals surface area contributed by atoms with Crippen LogP contribution < -0.4 is 5.32 Å². The molecule has 0 spiro atoms. The lowest BCUT2D eigenvalue weighted by atomic mass is 10.2. The van der Waals surface area contributed by atoms with E-state index in [1.54, 1.807) is 16.7 Å². The van der Waals surface area contributed by atoms with Crippen LogP contribution in [0.1, 0.15) is 23.8 Å². The van der Waals surface area contributed by atoms with E-state index in [9.17, 15) is 9.59 Å². The molecule has 1 aliphatic rings. The van der Waals surface area contributed by atoms with E-state index in [0.29, 0.717) is 57.3 Å². The van der Waals surface area contributed by atoms with Crippen molar-refractivity contribution in [1.29, 1.82) is 0 Å². The highest BCUT2D eigenvalue weighted by Crippen LogP contribution is 2.08. The van der Waals surface area contributed by atoms with Gasteiger partial charge < -0.3 is 19.5 Å². The molecule has 0 saturated carbocycles. The van der Waals surface area contributed by atoms with Crippen LogP contribution in [0.5, 0.6) is 0 Å². The fourth-order valence-electron chi connectivity index (χ4n) is 2.85. The van der Waals surface area contributed by atoms with Crippen LogP contribution in [0.4, 0.5) is 4.79 Å². The summed E-state index contributed by atoms with van der Waals surface area (Å²) in [6.45, 7) is 4.38. The van der Waals surface area contributed by atoms with E-state index in [1.165, 1.54) is 0 Å². The molecular formula is C18H23N5O3. The molecule has 0 atom stereocenters. The number of aryl methyl sites for hydroxylation is 2. The minimum absolute atomic E-state index is 0.0465. The molecule has 1 aromatic heterocycles. The number of urea groups is 1. The number of carbonyl (C=O) groups excluding carboxylic acids is 2. The number of aromatic nitrogens is 2. The molecule has 0 aliphatic carbocycles. The van der Waals surface area contributed by atoms with Crippen molar-refractivity contribution < 1.29 is 14.0 Å². The Labute approximate surface area is 152 Å². The molecule has 2 heterocycles. The average molecular weight is 357 g/mol. The summed E-state index contributed by atoms with van der Waals surface area (Å²) in [5, 5.41) is 10.6. The van der Waals surface area contributed by atoms with Gasteiger partial charge in [0.15, 0.2) is 0 Å². The monoisotopic (exact) mass is 357 g/mol. The van der Waals surface area contributed by atoms with Gasteiger partial charge in [-0.1, -0.05) is 30.3 Å². The molecule has 0 unspecified atom stereocenters. The third-order valence-electron chi connectivity index (χ3n) is 4.33. The van der Waals surface area contributed by atoms with Crippen molar-refractivity contribution in [3.8, 4) is 0 Å². The van der Waals surface area contributed by atoms with Crippen molar-refractivity contribution in [2.45, 2.75) is 26.3 Å². The van der Waals surface area contributed by atoms with Crippen molar-refractivity contribution >= 4 is 11.9 Å². The Morgan fingerprint density at radius 2 is 1.77 bits per heavy atom. The first-order chi connectivity index (χ1) is 12.6. The number of rotatable bonds is 5. The second-order valence-corrected chi connectivity index (χ2v) is 6.23. The largest absolute Gasteiger partial charge is 0.426 e. The summed E-state index contributed by atoms with van der Waals surface area (Å²) in [5.41, 5.74) is 1.06. The van der Waals surface area contributed by atoms with E-state index in [0.717, 1.165) is 5.56 Å². The second-order valence-electron chi connectivity index (χ2n) is 6.23. The molecule has 1 saturated heterocycles. The van der Waals surface area contributed by atoms with Crippen LogP contribution in [0.3, 0.4) is 0 Å². The lowest BCUT2D eigenvalue weighted by Crippen LogP contribution is -2.53. The molecule has 1 fully saturated rings. The fourth-order valence-corrected chi connectivity index (χ4v) is 2.85. The topological polar surface area (TPSA) is 91.6 Å². The first kappa shape index (κ1) is 17.9. The van der Waals surface area contributed by atoms with Gasteiger partial charge in [-0.2, -0.15) is 0 Å². The predicted molar refractivity (Wildman–Crippen MR) is 94.2 cm³/mol. The Morgan fingerprint density at radius 1 is 1.08 bits per heavy atom. The van der Waals surface area contributed by atoms with Crippen LogP contribution in [0.2, 0.25) is 0 Å². The zero-order valence-corrected chi connectivity index (χ0v) is 14.9. The average Bonchev–Trinajstić information content (AvgIpc) is 3.10. The van der Waals surface area contributed by atoms with Crippen molar-refractivity contribution in [2.75, 3.05) is 26.2 Å². The van der Waals surface area contributed by atoms with Crippen molar-refractivity contribution in [2.24, 2.45) is 0 Å². The van der Waals surface area contributed by atoms with Crippen LogP contribution in [-0.4, -0.2) is 58.1 Å². The summed E-state index contributed by atoms with van der Waals surface area (Å²) in [7, 11) is 0. The van der Waals surface area contributed by atoms with E-state index >= 15 is 0 Å². The molecular weight excluding hydrogens is 334 g/mol. The third kappa shape index (κ3) is 4.81. The molecule has 8 heteroatoms.